The third-order valence-corrected chi connectivity index (χ3v) is 3.76. The Labute approximate surface area is 130 Å². The summed E-state index contributed by atoms with van der Waals surface area (Å²) in [5, 5.41) is 2.87. The minimum atomic E-state index is -0.428. The van der Waals surface area contributed by atoms with Crippen molar-refractivity contribution in [1.29, 1.82) is 0 Å². The molecule has 0 aliphatic rings. The number of aryl methyl sites for hydroxylation is 2. The minimum absolute atomic E-state index is 0.189. The van der Waals surface area contributed by atoms with Crippen molar-refractivity contribution < 1.29 is 14.3 Å². The molecule has 0 radical (unpaired) electrons. The lowest BCUT2D eigenvalue weighted by atomic mass is 10.0. The molecule has 0 heterocycles. The first-order chi connectivity index (χ1) is 10.4. The molecular formula is C18H19NO3. The predicted molar refractivity (Wildman–Crippen MR) is 86.4 cm³/mol. The average molecular weight is 297 g/mol. The second-order valence-electron chi connectivity index (χ2n) is 5.22. The number of carbonyl (C=O) groups is 2. The summed E-state index contributed by atoms with van der Waals surface area (Å²) in [5.74, 6) is -0.617. The summed E-state index contributed by atoms with van der Waals surface area (Å²) >= 11 is 0. The average Bonchev–Trinajstić information content (AvgIpc) is 2.51. The van der Waals surface area contributed by atoms with E-state index in [4.69, 9.17) is 4.74 Å². The van der Waals surface area contributed by atoms with Gasteiger partial charge in [0.15, 0.2) is 0 Å². The molecule has 0 spiro atoms. The van der Waals surface area contributed by atoms with Gasteiger partial charge in [-0.2, -0.15) is 0 Å². The van der Waals surface area contributed by atoms with Crippen molar-refractivity contribution >= 4 is 17.6 Å². The van der Waals surface area contributed by atoms with Gasteiger partial charge in [0.05, 0.1) is 12.7 Å². The first kappa shape index (κ1) is 15.8. The molecule has 0 bridgehead atoms. The van der Waals surface area contributed by atoms with Crippen LogP contribution in [-0.4, -0.2) is 19.0 Å². The number of hydrogen-bond acceptors (Lipinski definition) is 3. The van der Waals surface area contributed by atoms with Gasteiger partial charge in [0, 0.05) is 11.3 Å². The Morgan fingerprint density at radius 2 is 1.73 bits per heavy atom. The second-order valence-corrected chi connectivity index (χ2v) is 5.22. The molecule has 114 valence electrons. The number of esters is 1. The SMILES string of the molecule is COC(=O)c1ccc(C)c(NC(=O)c2cccc(C)c2C)c1. The molecular weight excluding hydrogens is 278 g/mol. The lowest BCUT2D eigenvalue weighted by molar-refractivity contribution is 0.0600. The van der Waals surface area contributed by atoms with Gasteiger partial charge in [-0.15, -0.1) is 0 Å². The van der Waals surface area contributed by atoms with Gasteiger partial charge in [-0.3, -0.25) is 4.79 Å². The van der Waals surface area contributed by atoms with Crippen LogP contribution in [0.4, 0.5) is 5.69 Å². The summed E-state index contributed by atoms with van der Waals surface area (Å²) in [5.41, 5.74) is 4.53. The lowest BCUT2D eigenvalue weighted by Gasteiger charge is -2.12. The molecule has 0 saturated heterocycles. The Balaban J connectivity index is 2.32. The molecule has 1 N–H and O–H groups in total. The van der Waals surface area contributed by atoms with E-state index in [0.717, 1.165) is 16.7 Å². The van der Waals surface area contributed by atoms with Crippen LogP contribution in [0.15, 0.2) is 36.4 Å². The number of benzene rings is 2. The van der Waals surface area contributed by atoms with E-state index in [0.29, 0.717) is 16.8 Å². The summed E-state index contributed by atoms with van der Waals surface area (Å²) in [6.45, 7) is 5.76. The van der Waals surface area contributed by atoms with Gasteiger partial charge in [0.25, 0.3) is 5.91 Å². The highest BCUT2D eigenvalue weighted by molar-refractivity contribution is 6.06. The van der Waals surface area contributed by atoms with Gasteiger partial charge in [-0.05, 0) is 55.7 Å². The van der Waals surface area contributed by atoms with Gasteiger partial charge in [0.2, 0.25) is 0 Å². The predicted octanol–water partition coefficient (Wildman–Crippen LogP) is 3.65. The maximum Gasteiger partial charge on any atom is 0.337 e. The molecule has 0 unspecified atom stereocenters. The molecule has 0 fully saturated rings. The largest absolute Gasteiger partial charge is 0.465 e. The fraction of sp³-hybridized carbons (Fsp3) is 0.222. The molecule has 2 rings (SSSR count). The van der Waals surface area contributed by atoms with Crippen molar-refractivity contribution in [2.75, 3.05) is 12.4 Å². The highest BCUT2D eigenvalue weighted by atomic mass is 16.5. The smallest absolute Gasteiger partial charge is 0.337 e. The fourth-order valence-corrected chi connectivity index (χ4v) is 2.19. The molecule has 0 aliphatic carbocycles. The number of amides is 1. The summed E-state index contributed by atoms with van der Waals surface area (Å²) in [6, 6.07) is 10.7. The van der Waals surface area contributed by atoms with Crippen LogP contribution in [0.1, 0.15) is 37.4 Å². The Morgan fingerprint density at radius 1 is 1.00 bits per heavy atom. The van der Waals surface area contributed by atoms with Gasteiger partial charge >= 0.3 is 5.97 Å². The van der Waals surface area contributed by atoms with Crippen LogP contribution in [-0.2, 0) is 4.74 Å². The second kappa shape index (κ2) is 6.43. The van der Waals surface area contributed by atoms with E-state index >= 15 is 0 Å². The molecule has 0 atom stereocenters. The Kier molecular flexibility index (Phi) is 4.61. The fourth-order valence-electron chi connectivity index (χ4n) is 2.19. The summed E-state index contributed by atoms with van der Waals surface area (Å²) in [4.78, 5) is 24.1. The number of nitrogens with one attached hydrogen (secondary N) is 1. The normalized spacial score (nSPS) is 10.2. The van der Waals surface area contributed by atoms with Crippen LogP contribution in [0, 0.1) is 20.8 Å². The molecule has 0 aromatic heterocycles. The zero-order valence-electron chi connectivity index (χ0n) is 13.2. The molecule has 4 nitrogen and oxygen atoms in total. The number of anilines is 1. The number of methoxy groups -OCH3 is 1. The lowest BCUT2D eigenvalue weighted by Crippen LogP contribution is -2.15. The van der Waals surface area contributed by atoms with Crippen molar-refractivity contribution in [3.63, 3.8) is 0 Å². The molecule has 4 heteroatoms. The molecule has 22 heavy (non-hydrogen) atoms. The third-order valence-electron chi connectivity index (χ3n) is 3.76. The summed E-state index contributed by atoms with van der Waals surface area (Å²) in [7, 11) is 1.33. The van der Waals surface area contributed by atoms with Crippen LogP contribution in [0.25, 0.3) is 0 Å². The van der Waals surface area contributed by atoms with Crippen LogP contribution in [0.3, 0.4) is 0 Å². The van der Waals surface area contributed by atoms with Gasteiger partial charge in [-0.1, -0.05) is 18.2 Å². The van der Waals surface area contributed by atoms with Gasteiger partial charge < -0.3 is 10.1 Å². The quantitative estimate of drug-likeness (QED) is 0.880. The number of hydrogen-bond donors (Lipinski definition) is 1. The Bertz CT molecular complexity index is 735. The topological polar surface area (TPSA) is 55.4 Å². The number of ether oxygens (including phenoxy) is 1. The molecule has 2 aromatic rings. The van der Waals surface area contributed by atoms with Crippen molar-refractivity contribution in [3.8, 4) is 0 Å². The zero-order valence-corrected chi connectivity index (χ0v) is 13.2. The summed E-state index contributed by atoms with van der Waals surface area (Å²) < 4.78 is 4.70. The van der Waals surface area contributed by atoms with Crippen molar-refractivity contribution in [3.05, 3.63) is 64.2 Å². The van der Waals surface area contributed by atoms with E-state index in [9.17, 15) is 9.59 Å². The Hall–Kier alpha value is -2.62. The van der Waals surface area contributed by atoms with Crippen molar-refractivity contribution in [2.24, 2.45) is 0 Å². The van der Waals surface area contributed by atoms with E-state index in [2.05, 4.69) is 5.32 Å². The maximum absolute atomic E-state index is 12.5. The highest BCUT2D eigenvalue weighted by Gasteiger charge is 2.13. The van der Waals surface area contributed by atoms with Gasteiger partial charge in [0.1, 0.15) is 0 Å². The zero-order chi connectivity index (χ0) is 16.3. The van der Waals surface area contributed by atoms with Crippen LogP contribution in [0.2, 0.25) is 0 Å². The van der Waals surface area contributed by atoms with Crippen LogP contribution in [0.5, 0.6) is 0 Å². The Morgan fingerprint density at radius 3 is 2.41 bits per heavy atom. The van der Waals surface area contributed by atoms with E-state index in [1.54, 1.807) is 24.3 Å². The van der Waals surface area contributed by atoms with E-state index < -0.39 is 5.97 Å². The maximum atomic E-state index is 12.5. The van der Waals surface area contributed by atoms with E-state index in [1.807, 2.05) is 32.9 Å². The molecule has 0 saturated carbocycles. The van der Waals surface area contributed by atoms with E-state index in [1.165, 1.54) is 7.11 Å². The van der Waals surface area contributed by atoms with Gasteiger partial charge in [-0.25, -0.2) is 4.79 Å². The summed E-state index contributed by atoms with van der Waals surface area (Å²) in [6.07, 6.45) is 0. The van der Waals surface area contributed by atoms with Crippen LogP contribution < -0.4 is 5.32 Å². The monoisotopic (exact) mass is 297 g/mol. The molecule has 1 amide bonds. The van der Waals surface area contributed by atoms with Crippen LogP contribution >= 0.6 is 0 Å². The number of carbonyl (C=O) groups excluding carboxylic acids is 2. The first-order valence-electron chi connectivity index (χ1n) is 7.00. The number of rotatable bonds is 3. The minimum Gasteiger partial charge on any atom is -0.465 e. The van der Waals surface area contributed by atoms with Crippen molar-refractivity contribution in [2.45, 2.75) is 20.8 Å². The first-order valence-corrected chi connectivity index (χ1v) is 7.00. The van der Waals surface area contributed by atoms with Crippen molar-refractivity contribution in [1.82, 2.24) is 0 Å². The molecule has 2 aromatic carbocycles. The highest BCUT2D eigenvalue weighted by Crippen LogP contribution is 2.20. The molecule has 0 aliphatic heterocycles. The third kappa shape index (κ3) is 3.17. The standard InChI is InChI=1S/C18H19NO3/c1-11-6-5-7-15(13(11)3)17(20)19-16-10-14(18(21)22-4)9-8-12(16)2/h5-10H,1-4H3,(H,19,20). The van der Waals surface area contributed by atoms with E-state index in [-0.39, 0.29) is 5.91 Å².